The standard InChI is InChI=1S/C22H33N5O/c1-3-28-14-13-22(11-7-8-12-22)17-26-21(23-2)25-16-20-24-15-19(27-20)18-9-5-4-6-10-18/h4-6,9-10,15H,3,7-8,11-14,16-17H2,1-2H3,(H,24,27)(H2,23,25,26). The second-order valence-electron chi connectivity index (χ2n) is 7.54. The fraction of sp³-hybridized carbons (Fsp3) is 0.545. The van der Waals surface area contributed by atoms with Gasteiger partial charge in [0.2, 0.25) is 0 Å². The van der Waals surface area contributed by atoms with Crippen molar-refractivity contribution < 1.29 is 4.74 Å². The Bertz CT molecular complexity index is 734. The van der Waals surface area contributed by atoms with Crippen LogP contribution in [-0.2, 0) is 11.3 Å². The van der Waals surface area contributed by atoms with Gasteiger partial charge in [0.1, 0.15) is 5.82 Å². The van der Waals surface area contributed by atoms with Crippen LogP contribution in [0.2, 0.25) is 0 Å². The summed E-state index contributed by atoms with van der Waals surface area (Å²) in [6.07, 6.45) is 8.15. The van der Waals surface area contributed by atoms with Crippen LogP contribution < -0.4 is 10.6 Å². The number of guanidine groups is 1. The second-order valence-corrected chi connectivity index (χ2v) is 7.54. The summed E-state index contributed by atoms with van der Waals surface area (Å²) in [5.74, 6) is 1.72. The van der Waals surface area contributed by atoms with Gasteiger partial charge in [-0.25, -0.2) is 4.98 Å². The molecule has 0 bridgehead atoms. The smallest absolute Gasteiger partial charge is 0.191 e. The van der Waals surface area contributed by atoms with Gasteiger partial charge in [-0.05, 0) is 37.2 Å². The summed E-state index contributed by atoms with van der Waals surface area (Å²) in [5.41, 5.74) is 2.50. The average molecular weight is 384 g/mol. The molecule has 3 N–H and O–H groups in total. The molecule has 1 saturated carbocycles. The van der Waals surface area contributed by atoms with E-state index in [-0.39, 0.29) is 0 Å². The van der Waals surface area contributed by atoms with E-state index >= 15 is 0 Å². The minimum absolute atomic E-state index is 0.331. The number of aromatic amines is 1. The van der Waals surface area contributed by atoms with Crippen LogP contribution in [0.5, 0.6) is 0 Å². The highest BCUT2D eigenvalue weighted by molar-refractivity contribution is 5.79. The first-order valence-electron chi connectivity index (χ1n) is 10.4. The van der Waals surface area contributed by atoms with E-state index in [9.17, 15) is 0 Å². The first kappa shape index (κ1) is 20.4. The van der Waals surface area contributed by atoms with Crippen LogP contribution in [-0.4, -0.2) is 42.7 Å². The Morgan fingerprint density at radius 2 is 2.00 bits per heavy atom. The van der Waals surface area contributed by atoms with Crippen molar-refractivity contribution >= 4 is 5.96 Å². The lowest BCUT2D eigenvalue weighted by Gasteiger charge is -2.30. The Hall–Kier alpha value is -2.34. The summed E-state index contributed by atoms with van der Waals surface area (Å²) in [6, 6.07) is 10.2. The molecule has 1 aromatic carbocycles. The summed E-state index contributed by atoms with van der Waals surface area (Å²) in [6.45, 7) is 5.24. The normalized spacial score (nSPS) is 16.3. The van der Waals surface area contributed by atoms with E-state index < -0.39 is 0 Å². The minimum Gasteiger partial charge on any atom is -0.382 e. The maximum absolute atomic E-state index is 5.61. The van der Waals surface area contributed by atoms with Gasteiger partial charge in [0.05, 0.1) is 18.4 Å². The van der Waals surface area contributed by atoms with E-state index in [1.807, 2.05) is 31.4 Å². The van der Waals surface area contributed by atoms with Crippen molar-refractivity contribution in [1.29, 1.82) is 0 Å². The number of rotatable bonds is 9. The first-order valence-corrected chi connectivity index (χ1v) is 10.4. The van der Waals surface area contributed by atoms with Gasteiger partial charge < -0.3 is 20.4 Å². The third kappa shape index (κ3) is 5.58. The highest BCUT2D eigenvalue weighted by Gasteiger charge is 2.33. The number of hydrogen-bond donors (Lipinski definition) is 3. The van der Waals surface area contributed by atoms with E-state index in [1.165, 1.54) is 25.7 Å². The Morgan fingerprint density at radius 3 is 2.71 bits per heavy atom. The van der Waals surface area contributed by atoms with Crippen molar-refractivity contribution in [2.75, 3.05) is 26.8 Å². The third-order valence-electron chi connectivity index (χ3n) is 5.64. The molecule has 6 nitrogen and oxygen atoms in total. The van der Waals surface area contributed by atoms with Crippen LogP contribution in [0.3, 0.4) is 0 Å². The van der Waals surface area contributed by atoms with E-state index in [1.54, 1.807) is 0 Å². The summed E-state index contributed by atoms with van der Waals surface area (Å²) in [7, 11) is 1.81. The molecule has 1 heterocycles. The Balaban J connectivity index is 1.50. The number of aliphatic imine (C=N–C) groups is 1. The van der Waals surface area contributed by atoms with Crippen LogP contribution in [0.25, 0.3) is 11.3 Å². The summed E-state index contributed by atoms with van der Waals surface area (Å²) in [5, 5.41) is 6.90. The highest BCUT2D eigenvalue weighted by atomic mass is 16.5. The largest absolute Gasteiger partial charge is 0.382 e. The van der Waals surface area contributed by atoms with Gasteiger partial charge in [0, 0.05) is 26.8 Å². The van der Waals surface area contributed by atoms with Gasteiger partial charge in [-0.3, -0.25) is 4.99 Å². The van der Waals surface area contributed by atoms with Gasteiger partial charge in [0.15, 0.2) is 5.96 Å². The van der Waals surface area contributed by atoms with Gasteiger partial charge in [-0.1, -0.05) is 43.2 Å². The fourth-order valence-corrected chi connectivity index (χ4v) is 3.95. The van der Waals surface area contributed by atoms with Gasteiger partial charge in [0.25, 0.3) is 0 Å². The van der Waals surface area contributed by atoms with Crippen molar-refractivity contribution in [2.24, 2.45) is 10.4 Å². The lowest BCUT2D eigenvalue weighted by atomic mass is 9.83. The molecule has 1 fully saturated rings. The Kier molecular flexibility index (Phi) is 7.48. The number of benzene rings is 1. The number of nitrogens with zero attached hydrogens (tertiary/aromatic N) is 2. The molecule has 0 atom stereocenters. The number of H-pyrrole nitrogens is 1. The van der Waals surface area contributed by atoms with Gasteiger partial charge in [-0.15, -0.1) is 0 Å². The maximum Gasteiger partial charge on any atom is 0.191 e. The number of nitrogens with one attached hydrogen (secondary N) is 3. The summed E-state index contributed by atoms with van der Waals surface area (Å²) >= 11 is 0. The van der Waals surface area contributed by atoms with Crippen LogP contribution >= 0.6 is 0 Å². The molecule has 0 spiro atoms. The molecular formula is C22H33N5O. The van der Waals surface area contributed by atoms with E-state index in [0.717, 1.165) is 49.2 Å². The molecular weight excluding hydrogens is 350 g/mol. The second kappa shape index (κ2) is 10.3. The SMILES string of the molecule is CCOCCC1(CNC(=NC)NCc2ncc(-c3ccccc3)[nH]2)CCCC1. The molecule has 1 aromatic heterocycles. The summed E-state index contributed by atoms with van der Waals surface area (Å²) in [4.78, 5) is 12.2. The monoisotopic (exact) mass is 383 g/mol. The van der Waals surface area contributed by atoms with Crippen molar-refractivity contribution in [3.8, 4) is 11.3 Å². The number of ether oxygens (including phenoxy) is 1. The quantitative estimate of drug-likeness (QED) is 0.350. The van der Waals surface area contributed by atoms with E-state index in [4.69, 9.17) is 4.74 Å². The molecule has 0 amide bonds. The average Bonchev–Trinajstić information content (AvgIpc) is 3.39. The molecule has 0 aliphatic heterocycles. The number of aromatic nitrogens is 2. The van der Waals surface area contributed by atoms with Gasteiger partial charge in [-0.2, -0.15) is 0 Å². The van der Waals surface area contributed by atoms with Crippen LogP contribution in [0, 0.1) is 5.41 Å². The van der Waals surface area contributed by atoms with Crippen LogP contribution in [0.4, 0.5) is 0 Å². The lowest BCUT2D eigenvalue weighted by Crippen LogP contribution is -2.43. The fourth-order valence-electron chi connectivity index (χ4n) is 3.95. The zero-order valence-corrected chi connectivity index (χ0v) is 17.1. The predicted octanol–water partition coefficient (Wildman–Crippen LogP) is 3.73. The Morgan fingerprint density at radius 1 is 1.21 bits per heavy atom. The molecule has 3 rings (SSSR count). The highest BCUT2D eigenvalue weighted by Crippen LogP contribution is 2.40. The minimum atomic E-state index is 0.331. The molecule has 1 aliphatic rings. The first-order chi connectivity index (χ1) is 13.7. The van der Waals surface area contributed by atoms with Crippen LogP contribution in [0.1, 0.15) is 44.9 Å². The molecule has 0 unspecified atom stereocenters. The molecule has 152 valence electrons. The van der Waals surface area contributed by atoms with Crippen LogP contribution in [0.15, 0.2) is 41.5 Å². The molecule has 0 radical (unpaired) electrons. The third-order valence-corrected chi connectivity index (χ3v) is 5.64. The van der Waals surface area contributed by atoms with Crippen molar-refractivity contribution in [3.05, 3.63) is 42.4 Å². The molecule has 6 heteroatoms. The lowest BCUT2D eigenvalue weighted by molar-refractivity contribution is 0.105. The molecule has 2 aromatic rings. The number of imidazole rings is 1. The topological polar surface area (TPSA) is 74.3 Å². The van der Waals surface area contributed by atoms with Gasteiger partial charge >= 0.3 is 0 Å². The predicted molar refractivity (Wildman–Crippen MR) is 114 cm³/mol. The van der Waals surface area contributed by atoms with Crippen molar-refractivity contribution in [1.82, 2.24) is 20.6 Å². The molecule has 1 aliphatic carbocycles. The zero-order valence-electron chi connectivity index (χ0n) is 17.1. The zero-order chi connectivity index (χ0) is 19.7. The summed E-state index contributed by atoms with van der Waals surface area (Å²) < 4.78 is 5.61. The molecule has 0 saturated heterocycles. The Labute approximate surface area is 168 Å². The van der Waals surface area contributed by atoms with E-state index in [2.05, 4.69) is 44.7 Å². The van der Waals surface area contributed by atoms with E-state index in [0.29, 0.717) is 12.0 Å². The van der Waals surface area contributed by atoms with Crippen molar-refractivity contribution in [3.63, 3.8) is 0 Å². The van der Waals surface area contributed by atoms with Crippen molar-refractivity contribution in [2.45, 2.75) is 45.6 Å². The maximum atomic E-state index is 5.61. The number of hydrogen-bond acceptors (Lipinski definition) is 3. The molecule has 28 heavy (non-hydrogen) atoms.